The maximum absolute atomic E-state index is 11.2. The number of rotatable bonds is 1. The van der Waals surface area contributed by atoms with E-state index in [0.717, 1.165) is 32.7 Å². The molecule has 68 valence electrons. The van der Waals surface area contributed by atoms with Crippen molar-refractivity contribution in [1.82, 2.24) is 4.90 Å². The number of ether oxygens (including phenoxy) is 1. The highest BCUT2D eigenvalue weighted by atomic mass is 16.5. The number of nitrogens with zero attached hydrogens (tertiary/aromatic N) is 1. The van der Waals surface area contributed by atoms with Gasteiger partial charge in [-0.05, 0) is 6.42 Å². The van der Waals surface area contributed by atoms with E-state index in [1.54, 1.807) is 0 Å². The van der Waals surface area contributed by atoms with Gasteiger partial charge in [0.05, 0.1) is 6.61 Å². The number of hydrogen-bond donors (Lipinski definition) is 0. The van der Waals surface area contributed by atoms with E-state index in [1.165, 1.54) is 0 Å². The molecule has 0 aromatic heterocycles. The van der Waals surface area contributed by atoms with E-state index in [2.05, 4.69) is 0 Å². The third kappa shape index (κ3) is 1.12. The average molecular weight is 169 g/mol. The lowest BCUT2D eigenvalue weighted by Crippen LogP contribution is -2.58. The minimum absolute atomic E-state index is 0.285. The first-order valence-corrected chi connectivity index (χ1v) is 4.61. The fraction of sp³-hybridized carbons (Fsp3) is 0.889. The van der Waals surface area contributed by atoms with Gasteiger partial charge in [-0.3, -0.25) is 4.79 Å². The molecular weight excluding hydrogens is 154 g/mol. The van der Waals surface area contributed by atoms with E-state index in [0.29, 0.717) is 11.8 Å². The van der Waals surface area contributed by atoms with Crippen LogP contribution >= 0.6 is 0 Å². The lowest BCUT2D eigenvalue weighted by molar-refractivity contribution is -0.143. The normalized spacial score (nSPS) is 25.9. The summed E-state index contributed by atoms with van der Waals surface area (Å²) < 4.78 is 5.33. The Labute approximate surface area is 72.7 Å². The molecule has 0 aromatic carbocycles. The van der Waals surface area contributed by atoms with Crippen LogP contribution in [0.4, 0.5) is 0 Å². The molecular formula is C9H15NO2. The first kappa shape index (κ1) is 8.05. The zero-order chi connectivity index (χ0) is 8.60. The molecule has 0 saturated carbocycles. The van der Waals surface area contributed by atoms with Gasteiger partial charge in [0.1, 0.15) is 0 Å². The highest BCUT2D eigenvalue weighted by Crippen LogP contribution is 2.38. The number of carbonyl (C=O) groups is 1. The molecule has 0 bridgehead atoms. The smallest absolute Gasteiger partial charge is 0.222 e. The maximum atomic E-state index is 11.2. The Morgan fingerprint density at radius 2 is 2.33 bits per heavy atom. The number of carbonyl (C=O) groups excluding carboxylic acids is 1. The van der Waals surface area contributed by atoms with E-state index in [9.17, 15) is 4.79 Å². The van der Waals surface area contributed by atoms with E-state index in [4.69, 9.17) is 4.74 Å². The lowest BCUT2D eigenvalue weighted by Gasteiger charge is -2.47. The van der Waals surface area contributed by atoms with Gasteiger partial charge in [0, 0.05) is 31.5 Å². The molecule has 2 heterocycles. The first-order valence-electron chi connectivity index (χ1n) is 4.61. The van der Waals surface area contributed by atoms with Crippen LogP contribution in [0.25, 0.3) is 0 Å². The van der Waals surface area contributed by atoms with E-state index in [-0.39, 0.29) is 5.91 Å². The average Bonchev–Trinajstić information content (AvgIpc) is 2.48. The van der Waals surface area contributed by atoms with Gasteiger partial charge in [0.2, 0.25) is 5.91 Å². The van der Waals surface area contributed by atoms with Crippen LogP contribution in [0, 0.1) is 5.41 Å². The highest BCUT2D eigenvalue weighted by molar-refractivity contribution is 5.76. The van der Waals surface area contributed by atoms with Gasteiger partial charge in [-0.2, -0.15) is 0 Å². The molecule has 2 aliphatic rings. The third-order valence-corrected chi connectivity index (χ3v) is 2.89. The summed E-state index contributed by atoms with van der Waals surface area (Å²) in [6, 6.07) is 0. The van der Waals surface area contributed by atoms with Crippen molar-refractivity contribution in [3.63, 3.8) is 0 Å². The molecule has 2 aliphatic heterocycles. The van der Waals surface area contributed by atoms with E-state index in [1.807, 2.05) is 11.8 Å². The predicted molar refractivity (Wildman–Crippen MR) is 44.7 cm³/mol. The number of hydrogen-bond acceptors (Lipinski definition) is 2. The zero-order valence-corrected chi connectivity index (χ0v) is 7.51. The molecule has 0 aliphatic carbocycles. The van der Waals surface area contributed by atoms with Crippen LogP contribution in [0.15, 0.2) is 0 Å². The zero-order valence-electron chi connectivity index (χ0n) is 7.51. The van der Waals surface area contributed by atoms with Gasteiger partial charge in [0.15, 0.2) is 0 Å². The molecule has 0 unspecified atom stereocenters. The van der Waals surface area contributed by atoms with Crippen LogP contribution in [0.1, 0.15) is 19.8 Å². The minimum atomic E-state index is 0.285. The van der Waals surface area contributed by atoms with Crippen molar-refractivity contribution in [2.45, 2.75) is 19.8 Å². The van der Waals surface area contributed by atoms with Crippen LogP contribution in [-0.2, 0) is 9.53 Å². The summed E-state index contributed by atoms with van der Waals surface area (Å²) in [4.78, 5) is 13.2. The SMILES string of the molecule is CCC(=O)N1CC2(CCOC2)C1. The van der Waals surface area contributed by atoms with Crippen molar-refractivity contribution in [3.05, 3.63) is 0 Å². The molecule has 1 spiro atoms. The van der Waals surface area contributed by atoms with Crippen LogP contribution in [0.3, 0.4) is 0 Å². The molecule has 3 nitrogen and oxygen atoms in total. The predicted octanol–water partition coefficient (Wildman–Crippen LogP) is 0.645. The largest absolute Gasteiger partial charge is 0.381 e. The Morgan fingerprint density at radius 3 is 2.83 bits per heavy atom. The molecule has 12 heavy (non-hydrogen) atoms. The molecule has 0 N–H and O–H groups in total. The fourth-order valence-corrected chi connectivity index (χ4v) is 2.06. The minimum Gasteiger partial charge on any atom is -0.381 e. The Kier molecular flexibility index (Phi) is 1.83. The summed E-state index contributed by atoms with van der Waals surface area (Å²) in [7, 11) is 0. The van der Waals surface area contributed by atoms with E-state index < -0.39 is 0 Å². The number of amides is 1. The Balaban J connectivity index is 1.86. The second-order valence-corrected chi connectivity index (χ2v) is 3.91. The molecule has 1 amide bonds. The van der Waals surface area contributed by atoms with Crippen molar-refractivity contribution >= 4 is 5.91 Å². The van der Waals surface area contributed by atoms with Crippen molar-refractivity contribution in [1.29, 1.82) is 0 Å². The van der Waals surface area contributed by atoms with Crippen LogP contribution in [0.2, 0.25) is 0 Å². The monoisotopic (exact) mass is 169 g/mol. The lowest BCUT2D eigenvalue weighted by atomic mass is 9.79. The summed E-state index contributed by atoms with van der Waals surface area (Å²) in [5.74, 6) is 0.285. The Hall–Kier alpha value is -0.570. The summed E-state index contributed by atoms with van der Waals surface area (Å²) in [5.41, 5.74) is 0.352. The first-order chi connectivity index (χ1) is 5.76. The molecule has 3 heteroatoms. The molecule has 2 saturated heterocycles. The Morgan fingerprint density at radius 1 is 1.58 bits per heavy atom. The molecule has 0 aromatic rings. The quantitative estimate of drug-likeness (QED) is 0.576. The number of likely N-dealkylation sites (tertiary alicyclic amines) is 1. The van der Waals surface area contributed by atoms with Crippen LogP contribution < -0.4 is 0 Å². The van der Waals surface area contributed by atoms with E-state index >= 15 is 0 Å². The van der Waals surface area contributed by atoms with Crippen molar-refractivity contribution in [2.24, 2.45) is 5.41 Å². The second-order valence-electron chi connectivity index (χ2n) is 3.91. The van der Waals surface area contributed by atoms with Crippen molar-refractivity contribution in [2.75, 3.05) is 26.3 Å². The molecule has 0 radical (unpaired) electrons. The van der Waals surface area contributed by atoms with Crippen molar-refractivity contribution in [3.8, 4) is 0 Å². The highest BCUT2D eigenvalue weighted by Gasteiger charge is 2.47. The fourth-order valence-electron chi connectivity index (χ4n) is 2.06. The molecule has 0 atom stereocenters. The van der Waals surface area contributed by atoms with Crippen molar-refractivity contribution < 1.29 is 9.53 Å². The summed E-state index contributed by atoms with van der Waals surface area (Å²) in [6.07, 6.45) is 1.78. The van der Waals surface area contributed by atoms with Gasteiger partial charge in [-0.15, -0.1) is 0 Å². The maximum Gasteiger partial charge on any atom is 0.222 e. The third-order valence-electron chi connectivity index (χ3n) is 2.89. The van der Waals surface area contributed by atoms with Crippen LogP contribution in [-0.4, -0.2) is 37.1 Å². The van der Waals surface area contributed by atoms with Gasteiger partial charge in [-0.25, -0.2) is 0 Å². The standard InChI is InChI=1S/C9H15NO2/c1-2-8(11)10-5-9(6-10)3-4-12-7-9/h2-7H2,1H3. The topological polar surface area (TPSA) is 29.5 Å². The summed E-state index contributed by atoms with van der Waals surface area (Å²) >= 11 is 0. The van der Waals surface area contributed by atoms with Gasteiger partial charge in [0.25, 0.3) is 0 Å². The van der Waals surface area contributed by atoms with Gasteiger partial charge in [-0.1, -0.05) is 6.92 Å². The van der Waals surface area contributed by atoms with Gasteiger partial charge >= 0.3 is 0 Å². The molecule has 2 rings (SSSR count). The summed E-state index contributed by atoms with van der Waals surface area (Å²) in [5, 5.41) is 0. The summed E-state index contributed by atoms with van der Waals surface area (Å²) in [6.45, 7) is 5.52. The second kappa shape index (κ2) is 2.73. The van der Waals surface area contributed by atoms with Crippen LogP contribution in [0.5, 0.6) is 0 Å². The molecule has 2 fully saturated rings. The van der Waals surface area contributed by atoms with Gasteiger partial charge < -0.3 is 9.64 Å². The Bertz CT molecular complexity index is 189.